The SMILES string of the molecule is c1ccc2c(c1)CC21CCNCC1. The molecule has 1 saturated heterocycles. The zero-order valence-corrected chi connectivity index (χ0v) is 7.84. The van der Waals surface area contributed by atoms with E-state index in [4.69, 9.17) is 0 Å². The van der Waals surface area contributed by atoms with Gasteiger partial charge in [-0.05, 0) is 43.5 Å². The average Bonchev–Trinajstić information content (AvgIpc) is 2.18. The van der Waals surface area contributed by atoms with Crippen molar-refractivity contribution >= 4 is 0 Å². The van der Waals surface area contributed by atoms with Crippen LogP contribution < -0.4 is 5.32 Å². The van der Waals surface area contributed by atoms with Crippen molar-refractivity contribution in [2.24, 2.45) is 0 Å². The van der Waals surface area contributed by atoms with Crippen molar-refractivity contribution in [1.29, 1.82) is 0 Å². The molecule has 0 unspecified atom stereocenters. The molecule has 1 spiro atoms. The van der Waals surface area contributed by atoms with Gasteiger partial charge >= 0.3 is 0 Å². The first kappa shape index (κ1) is 7.57. The van der Waals surface area contributed by atoms with Crippen LogP contribution in [0.4, 0.5) is 0 Å². The van der Waals surface area contributed by atoms with Crippen molar-refractivity contribution in [2.75, 3.05) is 13.1 Å². The molecule has 1 fully saturated rings. The fraction of sp³-hybridized carbons (Fsp3) is 0.500. The lowest BCUT2D eigenvalue weighted by molar-refractivity contribution is 0.270. The average molecular weight is 173 g/mol. The number of piperidine rings is 1. The van der Waals surface area contributed by atoms with Crippen molar-refractivity contribution in [3.8, 4) is 0 Å². The molecule has 2 aliphatic rings. The summed E-state index contributed by atoms with van der Waals surface area (Å²) in [6.07, 6.45) is 4.00. The van der Waals surface area contributed by atoms with E-state index in [1.54, 1.807) is 11.1 Å². The fourth-order valence-corrected chi connectivity index (χ4v) is 2.90. The molecule has 0 radical (unpaired) electrons. The van der Waals surface area contributed by atoms with Crippen LogP contribution in [0.25, 0.3) is 0 Å². The summed E-state index contributed by atoms with van der Waals surface area (Å²) in [4.78, 5) is 0. The quantitative estimate of drug-likeness (QED) is 0.631. The maximum Gasteiger partial charge on any atom is 0.00203 e. The van der Waals surface area contributed by atoms with E-state index in [0.29, 0.717) is 5.41 Å². The number of benzene rings is 1. The molecular formula is C12H15N. The first-order valence-corrected chi connectivity index (χ1v) is 5.20. The first-order valence-electron chi connectivity index (χ1n) is 5.20. The van der Waals surface area contributed by atoms with Gasteiger partial charge < -0.3 is 5.32 Å². The van der Waals surface area contributed by atoms with E-state index in [1.165, 1.54) is 32.4 Å². The predicted octanol–water partition coefficient (Wildman–Crippen LogP) is 1.86. The van der Waals surface area contributed by atoms with Crippen molar-refractivity contribution in [2.45, 2.75) is 24.7 Å². The maximum atomic E-state index is 3.44. The van der Waals surface area contributed by atoms with E-state index in [1.807, 2.05) is 0 Å². The largest absolute Gasteiger partial charge is 0.317 e. The van der Waals surface area contributed by atoms with Gasteiger partial charge in [-0.1, -0.05) is 24.3 Å². The highest BCUT2D eigenvalue weighted by molar-refractivity contribution is 5.45. The summed E-state index contributed by atoms with van der Waals surface area (Å²) in [6.45, 7) is 2.41. The minimum atomic E-state index is 0.571. The third kappa shape index (κ3) is 0.969. The summed E-state index contributed by atoms with van der Waals surface area (Å²) < 4.78 is 0. The van der Waals surface area contributed by atoms with Gasteiger partial charge in [-0.3, -0.25) is 0 Å². The number of hydrogen-bond acceptors (Lipinski definition) is 1. The topological polar surface area (TPSA) is 12.0 Å². The van der Waals surface area contributed by atoms with E-state index in [2.05, 4.69) is 29.6 Å². The summed E-state index contributed by atoms with van der Waals surface area (Å²) >= 11 is 0. The van der Waals surface area contributed by atoms with Gasteiger partial charge in [0.2, 0.25) is 0 Å². The second kappa shape index (κ2) is 2.58. The monoisotopic (exact) mass is 173 g/mol. The highest BCUT2D eigenvalue weighted by atomic mass is 14.9. The molecule has 13 heavy (non-hydrogen) atoms. The van der Waals surface area contributed by atoms with Crippen LogP contribution in [0.2, 0.25) is 0 Å². The Morgan fingerprint density at radius 3 is 2.62 bits per heavy atom. The van der Waals surface area contributed by atoms with Crippen LogP contribution in [0.1, 0.15) is 24.0 Å². The predicted molar refractivity (Wildman–Crippen MR) is 53.9 cm³/mol. The van der Waals surface area contributed by atoms with Crippen LogP contribution >= 0.6 is 0 Å². The minimum absolute atomic E-state index is 0.571. The van der Waals surface area contributed by atoms with Crippen LogP contribution in [0, 0.1) is 0 Å². The Labute approximate surface area is 79.2 Å². The van der Waals surface area contributed by atoms with Crippen LogP contribution in [-0.2, 0) is 11.8 Å². The summed E-state index contributed by atoms with van der Waals surface area (Å²) in [5.41, 5.74) is 3.79. The van der Waals surface area contributed by atoms with Crippen molar-refractivity contribution in [3.05, 3.63) is 35.4 Å². The minimum Gasteiger partial charge on any atom is -0.317 e. The van der Waals surface area contributed by atoms with E-state index in [-0.39, 0.29) is 0 Å². The molecule has 1 aromatic rings. The lowest BCUT2D eigenvalue weighted by Gasteiger charge is -2.47. The van der Waals surface area contributed by atoms with Gasteiger partial charge in [-0.2, -0.15) is 0 Å². The van der Waals surface area contributed by atoms with Crippen molar-refractivity contribution in [3.63, 3.8) is 0 Å². The number of nitrogens with one attached hydrogen (secondary N) is 1. The zero-order chi connectivity index (χ0) is 8.73. The molecule has 1 heterocycles. The summed E-state index contributed by atoms with van der Waals surface area (Å²) in [5.74, 6) is 0. The second-order valence-corrected chi connectivity index (χ2v) is 4.36. The Morgan fingerprint density at radius 1 is 1.08 bits per heavy atom. The number of hydrogen-bond donors (Lipinski definition) is 1. The number of rotatable bonds is 0. The van der Waals surface area contributed by atoms with Crippen LogP contribution in [0.15, 0.2) is 24.3 Å². The molecule has 1 N–H and O–H groups in total. The smallest absolute Gasteiger partial charge is 0.00203 e. The summed E-state index contributed by atoms with van der Waals surface area (Å²) in [7, 11) is 0. The normalized spacial score (nSPS) is 23.7. The molecule has 1 heteroatoms. The van der Waals surface area contributed by atoms with Gasteiger partial charge in [0.1, 0.15) is 0 Å². The number of fused-ring (bicyclic) bond motifs is 2. The molecule has 68 valence electrons. The van der Waals surface area contributed by atoms with E-state index < -0.39 is 0 Å². The molecule has 1 aromatic carbocycles. The summed E-state index contributed by atoms with van der Waals surface area (Å²) in [5, 5.41) is 3.44. The third-order valence-electron chi connectivity index (χ3n) is 3.68. The zero-order valence-electron chi connectivity index (χ0n) is 7.84. The van der Waals surface area contributed by atoms with Crippen molar-refractivity contribution in [1.82, 2.24) is 5.32 Å². The Morgan fingerprint density at radius 2 is 1.85 bits per heavy atom. The molecule has 0 aromatic heterocycles. The molecule has 3 rings (SSSR count). The summed E-state index contributed by atoms with van der Waals surface area (Å²) in [6, 6.07) is 8.95. The van der Waals surface area contributed by atoms with E-state index in [9.17, 15) is 0 Å². The van der Waals surface area contributed by atoms with Crippen LogP contribution in [-0.4, -0.2) is 13.1 Å². The van der Waals surface area contributed by atoms with Gasteiger partial charge in [0.15, 0.2) is 0 Å². The molecule has 0 bridgehead atoms. The highest BCUT2D eigenvalue weighted by Crippen LogP contribution is 2.46. The maximum absolute atomic E-state index is 3.44. The molecule has 0 atom stereocenters. The van der Waals surface area contributed by atoms with Gasteiger partial charge in [0, 0.05) is 5.41 Å². The molecule has 1 aliphatic heterocycles. The van der Waals surface area contributed by atoms with Gasteiger partial charge in [-0.25, -0.2) is 0 Å². The van der Waals surface area contributed by atoms with E-state index >= 15 is 0 Å². The van der Waals surface area contributed by atoms with E-state index in [0.717, 1.165) is 0 Å². The molecule has 1 aliphatic carbocycles. The standard InChI is InChI=1S/C12H15N/c1-2-4-11-10(3-1)9-12(11)5-7-13-8-6-12/h1-4,13H,5-9H2. The van der Waals surface area contributed by atoms with Gasteiger partial charge in [0.25, 0.3) is 0 Å². The molecule has 0 saturated carbocycles. The fourth-order valence-electron chi connectivity index (χ4n) is 2.90. The molecule has 1 nitrogen and oxygen atoms in total. The highest BCUT2D eigenvalue weighted by Gasteiger charge is 2.42. The third-order valence-corrected chi connectivity index (χ3v) is 3.68. The molecular weight excluding hydrogens is 158 g/mol. The van der Waals surface area contributed by atoms with Gasteiger partial charge in [-0.15, -0.1) is 0 Å². The van der Waals surface area contributed by atoms with Gasteiger partial charge in [0.05, 0.1) is 0 Å². The van der Waals surface area contributed by atoms with Crippen molar-refractivity contribution < 1.29 is 0 Å². The lowest BCUT2D eigenvalue weighted by atomic mass is 9.59. The van der Waals surface area contributed by atoms with Crippen LogP contribution in [0.3, 0.4) is 0 Å². The Bertz CT molecular complexity index is 324. The Balaban J connectivity index is 1.97. The van der Waals surface area contributed by atoms with Crippen LogP contribution in [0.5, 0.6) is 0 Å². The molecule has 0 amide bonds. The first-order chi connectivity index (χ1) is 6.41. The second-order valence-electron chi connectivity index (χ2n) is 4.36. The Kier molecular flexibility index (Phi) is 1.50. The Hall–Kier alpha value is -0.820. The lowest BCUT2D eigenvalue weighted by Crippen LogP contribution is -2.47.